The van der Waals surface area contributed by atoms with E-state index in [0.717, 1.165) is 27.9 Å². The number of nitrogens with one attached hydrogen (secondary N) is 1. The van der Waals surface area contributed by atoms with Gasteiger partial charge in [-0.25, -0.2) is 4.98 Å². The monoisotopic (exact) mass is 412 g/mol. The number of benzene rings is 3. The van der Waals surface area contributed by atoms with E-state index in [2.05, 4.69) is 36.5 Å². The molecule has 0 fully saturated rings. The number of nitrogens with zero attached hydrogens (tertiary/aromatic N) is 1. The average Bonchev–Trinajstić information content (AvgIpc) is 3.28. The zero-order valence-corrected chi connectivity index (χ0v) is 17.3. The standard InChI is InChI=1S/C26H24N2O3/c1-18-22(20-8-3-2-4-9-20)11-6-12-23(18)24-17-31-26(28-24)21-10-5-7-19(15-21)16-27-14-13-25(29)30/h2-12,15,17,27H,13-14,16H2,1H3,(H,29,30). The molecule has 1 heterocycles. The Labute approximate surface area is 181 Å². The predicted molar refractivity (Wildman–Crippen MR) is 122 cm³/mol. The van der Waals surface area contributed by atoms with Crippen molar-refractivity contribution >= 4 is 5.97 Å². The molecule has 0 aliphatic carbocycles. The van der Waals surface area contributed by atoms with Crippen LogP contribution in [0.2, 0.25) is 0 Å². The van der Waals surface area contributed by atoms with Crippen molar-refractivity contribution in [3.63, 3.8) is 0 Å². The Hall–Kier alpha value is -3.70. The van der Waals surface area contributed by atoms with E-state index in [4.69, 9.17) is 14.5 Å². The van der Waals surface area contributed by atoms with Crippen LogP contribution in [0.4, 0.5) is 0 Å². The number of rotatable bonds is 8. The Bertz CT molecular complexity index is 1180. The molecule has 0 aliphatic rings. The van der Waals surface area contributed by atoms with E-state index in [0.29, 0.717) is 19.0 Å². The zero-order chi connectivity index (χ0) is 21.6. The molecule has 0 bridgehead atoms. The van der Waals surface area contributed by atoms with Crippen LogP contribution >= 0.6 is 0 Å². The molecule has 5 heteroatoms. The molecule has 0 spiro atoms. The maximum atomic E-state index is 10.6. The summed E-state index contributed by atoms with van der Waals surface area (Å²) in [6.45, 7) is 3.13. The van der Waals surface area contributed by atoms with Gasteiger partial charge in [0.1, 0.15) is 12.0 Å². The summed E-state index contributed by atoms with van der Waals surface area (Å²) in [5.41, 5.74) is 7.29. The fourth-order valence-electron chi connectivity index (χ4n) is 3.62. The summed E-state index contributed by atoms with van der Waals surface area (Å²) in [6, 6.07) is 24.5. The second-order valence-corrected chi connectivity index (χ2v) is 7.40. The lowest BCUT2D eigenvalue weighted by atomic mass is 9.95. The molecule has 4 aromatic rings. The van der Waals surface area contributed by atoms with Gasteiger partial charge in [0.2, 0.25) is 5.89 Å². The third kappa shape index (κ3) is 4.90. The van der Waals surface area contributed by atoms with Gasteiger partial charge in [0, 0.05) is 24.2 Å². The van der Waals surface area contributed by atoms with E-state index in [1.54, 1.807) is 6.26 Å². The quantitative estimate of drug-likeness (QED) is 0.371. The molecule has 0 radical (unpaired) electrons. The minimum atomic E-state index is -0.805. The fraction of sp³-hybridized carbons (Fsp3) is 0.154. The molecule has 4 rings (SSSR count). The summed E-state index contributed by atoms with van der Waals surface area (Å²) in [5, 5.41) is 11.9. The first-order valence-electron chi connectivity index (χ1n) is 10.2. The van der Waals surface area contributed by atoms with Gasteiger partial charge < -0.3 is 14.8 Å². The molecule has 2 N–H and O–H groups in total. The summed E-state index contributed by atoms with van der Waals surface area (Å²) < 4.78 is 5.81. The third-order valence-electron chi connectivity index (χ3n) is 5.22. The van der Waals surface area contributed by atoms with Crippen molar-refractivity contribution in [1.29, 1.82) is 0 Å². The second kappa shape index (κ2) is 9.41. The van der Waals surface area contributed by atoms with E-state index < -0.39 is 5.97 Å². The van der Waals surface area contributed by atoms with Gasteiger partial charge in [0.15, 0.2) is 0 Å². The van der Waals surface area contributed by atoms with Crippen LogP contribution in [0.3, 0.4) is 0 Å². The van der Waals surface area contributed by atoms with Crippen LogP contribution < -0.4 is 5.32 Å². The Morgan fingerprint density at radius 2 is 1.71 bits per heavy atom. The molecule has 0 saturated carbocycles. The van der Waals surface area contributed by atoms with Gasteiger partial charge in [-0.05, 0) is 41.3 Å². The van der Waals surface area contributed by atoms with Crippen LogP contribution in [0.5, 0.6) is 0 Å². The number of carboxylic acids is 1. The van der Waals surface area contributed by atoms with E-state index in [1.165, 1.54) is 11.1 Å². The van der Waals surface area contributed by atoms with Gasteiger partial charge in [-0.15, -0.1) is 0 Å². The number of carbonyl (C=O) groups is 1. The first-order chi connectivity index (χ1) is 15.1. The molecule has 0 atom stereocenters. The molecule has 0 aliphatic heterocycles. The molecular weight excluding hydrogens is 388 g/mol. The molecule has 1 aromatic heterocycles. The van der Waals surface area contributed by atoms with Crippen molar-refractivity contribution in [3.05, 3.63) is 90.2 Å². The molecular formula is C26H24N2O3. The maximum Gasteiger partial charge on any atom is 0.304 e. The fourth-order valence-corrected chi connectivity index (χ4v) is 3.62. The van der Waals surface area contributed by atoms with E-state index >= 15 is 0 Å². The van der Waals surface area contributed by atoms with Crippen molar-refractivity contribution in [2.75, 3.05) is 6.54 Å². The third-order valence-corrected chi connectivity index (χ3v) is 5.22. The van der Waals surface area contributed by atoms with E-state index in [1.807, 2.05) is 48.5 Å². The maximum absolute atomic E-state index is 10.6. The highest BCUT2D eigenvalue weighted by Crippen LogP contribution is 2.32. The largest absolute Gasteiger partial charge is 0.481 e. The van der Waals surface area contributed by atoms with Gasteiger partial charge in [-0.1, -0.05) is 60.7 Å². The lowest BCUT2D eigenvalue weighted by molar-refractivity contribution is -0.136. The number of hydrogen-bond donors (Lipinski definition) is 2. The van der Waals surface area contributed by atoms with Gasteiger partial charge >= 0.3 is 5.97 Å². The smallest absolute Gasteiger partial charge is 0.304 e. The highest BCUT2D eigenvalue weighted by atomic mass is 16.4. The zero-order valence-electron chi connectivity index (χ0n) is 17.3. The predicted octanol–water partition coefficient (Wildman–Crippen LogP) is 5.55. The van der Waals surface area contributed by atoms with Crippen LogP contribution in [0.1, 0.15) is 17.5 Å². The van der Waals surface area contributed by atoms with Crippen molar-refractivity contribution in [2.45, 2.75) is 19.9 Å². The number of hydrogen-bond acceptors (Lipinski definition) is 4. The lowest BCUT2D eigenvalue weighted by Crippen LogP contribution is -2.17. The van der Waals surface area contributed by atoms with Gasteiger partial charge in [0.25, 0.3) is 0 Å². The summed E-state index contributed by atoms with van der Waals surface area (Å²) in [6.07, 6.45) is 1.80. The Kier molecular flexibility index (Phi) is 6.24. The molecule has 31 heavy (non-hydrogen) atoms. The molecule has 5 nitrogen and oxygen atoms in total. The Morgan fingerprint density at radius 1 is 0.968 bits per heavy atom. The topological polar surface area (TPSA) is 75.4 Å². The highest BCUT2D eigenvalue weighted by molar-refractivity contribution is 5.77. The molecule has 0 unspecified atom stereocenters. The number of aromatic nitrogens is 1. The molecule has 3 aromatic carbocycles. The van der Waals surface area contributed by atoms with Crippen LogP contribution in [0, 0.1) is 6.92 Å². The van der Waals surface area contributed by atoms with Crippen LogP contribution in [-0.4, -0.2) is 22.6 Å². The number of oxazole rings is 1. The Morgan fingerprint density at radius 3 is 2.52 bits per heavy atom. The second-order valence-electron chi connectivity index (χ2n) is 7.40. The van der Waals surface area contributed by atoms with Crippen molar-refractivity contribution in [3.8, 4) is 33.8 Å². The van der Waals surface area contributed by atoms with Crippen LogP contribution in [0.15, 0.2) is 83.5 Å². The van der Waals surface area contributed by atoms with Crippen molar-refractivity contribution in [2.24, 2.45) is 0 Å². The molecule has 156 valence electrons. The van der Waals surface area contributed by atoms with Gasteiger partial charge in [-0.2, -0.15) is 0 Å². The van der Waals surface area contributed by atoms with Crippen LogP contribution in [-0.2, 0) is 11.3 Å². The SMILES string of the molecule is Cc1c(-c2ccccc2)cccc1-c1coc(-c2cccc(CNCCC(=O)O)c2)n1. The lowest BCUT2D eigenvalue weighted by Gasteiger charge is -2.09. The number of carboxylic acid groups (broad SMARTS) is 1. The van der Waals surface area contributed by atoms with E-state index in [9.17, 15) is 4.79 Å². The summed E-state index contributed by atoms with van der Waals surface area (Å²) in [4.78, 5) is 15.4. The van der Waals surface area contributed by atoms with Gasteiger partial charge in [0.05, 0.1) is 6.42 Å². The first kappa shape index (κ1) is 20.6. The summed E-state index contributed by atoms with van der Waals surface area (Å²) in [5.74, 6) is -0.243. The van der Waals surface area contributed by atoms with Crippen molar-refractivity contribution < 1.29 is 14.3 Å². The average molecular weight is 412 g/mol. The summed E-state index contributed by atoms with van der Waals surface area (Å²) >= 11 is 0. The van der Waals surface area contributed by atoms with Gasteiger partial charge in [-0.3, -0.25) is 4.79 Å². The highest BCUT2D eigenvalue weighted by Gasteiger charge is 2.13. The molecule has 0 amide bonds. The Balaban J connectivity index is 1.55. The van der Waals surface area contributed by atoms with E-state index in [-0.39, 0.29) is 6.42 Å². The van der Waals surface area contributed by atoms with Crippen molar-refractivity contribution in [1.82, 2.24) is 10.3 Å². The number of aliphatic carboxylic acids is 1. The first-order valence-corrected chi connectivity index (χ1v) is 10.2. The minimum Gasteiger partial charge on any atom is -0.481 e. The molecule has 0 saturated heterocycles. The normalized spacial score (nSPS) is 10.9. The minimum absolute atomic E-state index is 0.101. The van der Waals surface area contributed by atoms with Crippen LogP contribution in [0.25, 0.3) is 33.8 Å². The summed E-state index contributed by atoms with van der Waals surface area (Å²) in [7, 11) is 0.